The molecule has 3 heteroatoms. The average molecular weight is 169 g/mol. The van der Waals surface area contributed by atoms with Crippen LogP contribution in [0.25, 0.3) is 0 Å². The largest absolute Gasteiger partial charge is 0.478 e. The standard InChI is InChI=1S/C9H15NO2/c1-10-7-3-2-4-8(10)5-6-9(11)12/h5-6,8H,2-4,7H2,1H3,(H,11,12)/b6-5-. The van der Waals surface area contributed by atoms with Crippen LogP contribution in [0.3, 0.4) is 0 Å². The van der Waals surface area contributed by atoms with Crippen LogP contribution in [-0.2, 0) is 4.79 Å². The Hall–Kier alpha value is -0.830. The number of hydrogen-bond donors (Lipinski definition) is 1. The number of piperidine rings is 1. The van der Waals surface area contributed by atoms with Gasteiger partial charge < -0.3 is 5.11 Å². The first-order valence-corrected chi connectivity index (χ1v) is 4.31. The maximum atomic E-state index is 10.2. The summed E-state index contributed by atoms with van der Waals surface area (Å²) in [6.07, 6.45) is 6.54. The SMILES string of the molecule is CN1CCCCC1/C=C\C(=O)O. The summed E-state index contributed by atoms with van der Waals surface area (Å²) in [7, 11) is 2.04. The highest BCUT2D eigenvalue weighted by atomic mass is 16.4. The number of likely N-dealkylation sites (N-methyl/N-ethyl adjacent to an activating group) is 1. The zero-order chi connectivity index (χ0) is 8.97. The molecule has 1 saturated heterocycles. The second kappa shape index (κ2) is 4.26. The third-order valence-electron chi connectivity index (χ3n) is 2.29. The minimum Gasteiger partial charge on any atom is -0.478 e. The van der Waals surface area contributed by atoms with Crippen LogP contribution in [-0.4, -0.2) is 35.6 Å². The molecule has 0 radical (unpaired) electrons. The van der Waals surface area contributed by atoms with Gasteiger partial charge in [-0.1, -0.05) is 12.5 Å². The van der Waals surface area contributed by atoms with Gasteiger partial charge in [-0.2, -0.15) is 0 Å². The summed E-state index contributed by atoms with van der Waals surface area (Å²) in [5.74, 6) is -0.853. The van der Waals surface area contributed by atoms with Gasteiger partial charge in [-0.05, 0) is 26.4 Å². The zero-order valence-electron chi connectivity index (χ0n) is 7.36. The highest BCUT2D eigenvalue weighted by Crippen LogP contribution is 2.15. The molecule has 0 aromatic carbocycles. The lowest BCUT2D eigenvalue weighted by atomic mass is 10.0. The maximum absolute atomic E-state index is 10.2. The highest BCUT2D eigenvalue weighted by Gasteiger charge is 2.15. The van der Waals surface area contributed by atoms with Crippen molar-refractivity contribution in [2.24, 2.45) is 0 Å². The number of rotatable bonds is 2. The molecule has 1 atom stereocenters. The summed E-state index contributed by atoms with van der Waals surface area (Å²) in [5, 5.41) is 8.43. The predicted molar refractivity (Wildman–Crippen MR) is 47.0 cm³/mol. The normalized spacial score (nSPS) is 26.2. The van der Waals surface area contributed by atoms with E-state index in [1.165, 1.54) is 18.9 Å². The fourth-order valence-corrected chi connectivity index (χ4v) is 1.54. The van der Waals surface area contributed by atoms with Gasteiger partial charge in [0.15, 0.2) is 0 Å². The van der Waals surface area contributed by atoms with Crippen molar-refractivity contribution in [2.45, 2.75) is 25.3 Å². The van der Waals surface area contributed by atoms with Gasteiger partial charge in [0.25, 0.3) is 0 Å². The van der Waals surface area contributed by atoms with Crippen molar-refractivity contribution >= 4 is 5.97 Å². The molecule has 0 aromatic heterocycles. The van der Waals surface area contributed by atoms with Gasteiger partial charge in [0, 0.05) is 12.1 Å². The van der Waals surface area contributed by atoms with E-state index in [0.717, 1.165) is 13.0 Å². The molecule has 0 bridgehead atoms. The van der Waals surface area contributed by atoms with Crippen LogP contribution in [0, 0.1) is 0 Å². The topological polar surface area (TPSA) is 40.5 Å². The van der Waals surface area contributed by atoms with Gasteiger partial charge in [0.1, 0.15) is 0 Å². The van der Waals surface area contributed by atoms with Gasteiger partial charge in [0.05, 0.1) is 0 Å². The molecule has 1 N–H and O–H groups in total. The molecule has 0 spiro atoms. The van der Waals surface area contributed by atoms with E-state index in [1.807, 2.05) is 7.05 Å². The first-order valence-electron chi connectivity index (χ1n) is 4.31. The maximum Gasteiger partial charge on any atom is 0.328 e. The highest BCUT2D eigenvalue weighted by molar-refractivity contribution is 5.79. The van der Waals surface area contributed by atoms with Crippen LogP contribution >= 0.6 is 0 Å². The Balaban J connectivity index is 2.43. The Bertz CT molecular complexity index is 189. The van der Waals surface area contributed by atoms with E-state index >= 15 is 0 Å². The Morgan fingerprint density at radius 1 is 1.58 bits per heavy atom. The van der Waals surface area contributed by atoms with E-state index in [0.29, 0.717) is 6.04 Å². The molecule has 0 saturated carbocycles. The van der Waals surface area contributed by atoms with E-state index in [-0.39, 0.29) is 0 Å². The first kappa shape index (κ1) is 9.26. The summed E-state index contributed by atoms with van der Waals surface area (Å²) in [6, 6.07) is 0.329. The third kappa shape index (κ3) is 2.66. The predicted octanol–water partition coefficient (Wildman–Crippen LogP) is 1.11. The van der Waals surface area contributed by atoms with Crippen molar-refractivity contribution in [3.8, 4) is 0 Å². The van der Waals surface area contributed by atoms with Gasteiger partial charge in [-0.15, -0.1) is 0 Å². The van der Waals surface area contributed by atoms with Gasteiger partial charge in [-0.25, -0.2) is 4.79 Å². The van der Waals surface area contributed by atoms with Crippen molar-refractivity contribution < 1.29 is 9.90 Å². The lowest BCUT2D eigenvalue weighted by Gasteiger charge is -2.29. The molecule has 1 rings (SSSR count). The van der Waals surface area contributed by atoms with E-state index in [1.54, 1.807) is 6.08 Å². The molecule has 0 amide bonds. The minimum absolute atomic E-state index is 0.329. The Labute approximate surface area is 72.7 Å². The lowest BCUT2D eigenvalue weighted by Crippen LogP contribution is -2.34. The van der Waals surface area contributed by atoms with Crippen molar-refractivity contribution in [1.29, 1.82) is 0 Å². The average Bonchev–Trinajstić information content (AvgIpc) is 2.03. The molecule has 3 nitrogen and oxygen atoms in total. The molecule has 68 valence electrons. The molecule has 1 aliphatic rings. The number of nitrogens with zero attached hydrogens (tertiary/aromatic N) is 1. The molecule has 0 aromatic rings. The van der Waals surface area contributed by atoms with E-state index < -0.39 is 5.97 Å². The first-order chi connectivity index (χ1) is 5.70. The fourth-order valence-electron chi connectivity index (χ4n) is 1.54. The van der Waals surface area contributed by atoms with Crippen molar-refractivity contribution in [2.75, 3.05) is 13.6 Å². The van der Waals surface area contributed by atoms with Crippen LogP contribution in [0.1, 0.15) is 19.3 Å². The number of carboxylic acids is 1. The summed E-state index contributed by atoms with van der Waals surface area (Å²) in [6.45, 7) is 1.08. The molecule has 0 aliphatic carbocycles. The number of carboxylic acid groups (broad SMARTS) is 1. The van der Waals surface area contributed by atoms with Crippen molar-refractivity contribution in [3.63, 3.8) is 0 Å². The van der Waals surface area contributed by atoms with E-state index in [2.05, 4.69) is 4.90 Å². The second-order valence-electron chi connectivity index (χ2n) is 3.24. The van der Waals surface area contributed by atoms with Crippen LogP contribution in [0.15, 0.2) is 12.2 Å². The summed E-state index contributed by atoms with van der Waals surface area (Å²) in [5.41, 5.74) is 0. The molecule has 1 fully saturated rings. The van der Waals surface area contributed by atoms with Crippen LogP contribution in [0.5, 0.6) is 0 Å². The Morgan fingerprint density at radius 3 is 2.92 bits per heavy atom. The Morgan fingerprint density at radius 2 is 2.33 bits per heavy atom. The number of carbonyl (C=O) groups is 1. The van der Waals surface area contributed by atoms with Crippen LogP contribution < -0.4 is 0 Å². The number of hydrogen-bond acceptors (Lipinski definition) is 2. The molecule has 1 unspecified atom stereocenters. The summed E-state index contributed by atoms with van der Waals surface area (Å²) >= 11 is 0. The molecular formula is C9H15NO2. The van der Waals surface area contributed by atoms with E-state index in [9.17, 15) is 4.79 Å². The summed E-state index contributed by atoms with van der Waals surface area (Å²) in [4.78, 5) is 12.4. The van der Waals surface area contributed by atoms with Gasteiger partial charge in [0.2, 0.25) is 0 Å². The van der Waals surface area contributed by atoms with Crippen molar-refractivity contribution in [1.82, 2.24) is 4.90 Å². The molecular weight excluding hydrogens is 154 g/mol. The zero-order valence-corrected chi connectivity index (χ0v) is 7.36. The fraction of sp³-hybridized carbons (Fsp3) is 0.667. The molecule has 1 aliphatic heterocycles. The lowest BCUT2D eigenvalue weighted by molar-refractivity contribution is -0.131. The van der Waals surface area contributed by atoms with Crippen LogP contribution in [0.4, 0.5) is 0 Å². The number of aliphatic carboxylic acids is 1. The van der Waals surface area contributed by atoms with Gasteiger partial charge >= 0.3 is 5.97 Å². The van der Waals surface area contributed by atoms with E-state index in [4.69, 9.17) is 5.11 Å². The minimum atomic E-state index is -0.853. The quantitative estimate of drug-likeness (QED) is 0.629. The molecule has 12 heavy (non-hydrogen) atoms. The second-order valence-corrected chi connectivity index (χ2v) is 3.24. The van der Waals surface area contributed by atoms with Gasteiger partial charge in [-0.3, -0.25) is 4.90 Å². The summed E-state index contributed by atoms with van der Waals surface area (Å²) < 4.78 is 0. The molecule has 1 heterocycles. The third-order valence-corrected chi connectivity index (χ3v) is 2.29. The monoisotopic (exact) mass is 169 g/mol. The number of likely N-dealkylation sites (tertiary alicyclic amines) is 1. The van der Waals surface area contributed by atoms with Crippen LogP contribution in [0.2, 0.25) is 0 Å². The van der Waals surface area contributed by atoms with Crippen molar-refractivity contribution in [3.05, 3.63) is 12.2 Å². The Kier molecular flexibility index (Phi) is 3.29. The smallest absolute Gasteiger partial charge is 0.328 e.